The molecule has 1 aromatic heterocycles. The van der Waals surface area contributed by atoms with E-state index in [2.05, 4.69) is 34.6 Å². The Morgan fingerprint density at radius 1 is 1.06 bits per heavy atom. The number of hydrogen-bond acceptors (Lipinski definition) is 3. The summed E-state index contributed by atoms with van der Waals surface area (Å²) in [6, 6.07) is 12.3. The van der Waals surface area contributed by atoms with Crippen LogP contribution in [-0.2, 0) is 6.42 Å². The molecule has 0 fully saturated rings. The normalized spacial score (nSPS) is 8.89. The lowest BCUT2D eigenvalue weighted by Gasteiger charge is -2.08. The standard InChI is InChI=1S/C13H15N3.2ClH/c14-12-10-15-8-7-13(12)16-9-6-11-4-2-1-3-5-11;;/h1-5,7-8,10H,6,9,14H2,(H,15,16);2*1H. The second kappa shape index (κ2) is 8.61. The average Bonchev–Trinajstić information content (AvgIpc) is 2.33. The summed E-state index contributed by atoms with van der Waals surface area (Å²) in [5.41, 5.74) is 8.74. The van der Waals surface area contributed by atoms with E-state index in [4.69, 9.17) is 5.73 Å². The number of nitrogens with two attached hydrogens (primary N) is 1. The van der Waals surface area contributed by atoms with Gasteiger partial charge in [0.05, 0.1) is 17.6 Å². The molecule has 3 N–H and O–H groups in total. The maximum absolute atomic E-state index is 5.78. The van der Waals surface area contributed by atoms with Crippen molar-refractivity contribution in [1.29, 1.82) is 0 Å². The van der Waals surface area contributed by atoms with Gasteiger partial charge in [-0.15, -0.1) is 24.8 Å². The van der Waals surface area contributed by atoms with Gasteiger partial charge in [-0.2, -0.15) is 0 Å². The predicted molar refractivity (Wildman–Crippen MR) is 81.8 cm³/mol. The number of rotatable bonds is 4. The van der Waals surface area contributed by atoms with Crippen LogP contribution in [0.3, 0.4) is 0 Å². The summed E-state index contributed by atoms with van der Waals surface area (Å²) in [6.45, 7) is 0.873. The lowest BCUT2D eigenvalue weighted by Crippen LogP contribution is -2.06. The molecular weight excluding hydrogens is 269 g/mol. The molecule has 0 saturated carbocycles. The molecule has 0 aliphatic rings. The zero-order chi connectivity index (χ0) is 11.2. The minimum absolute atomic E-state index is 0. The predicted octanol–water partition coefficient (Wildman–Crippen LogP) is 3.16. The van der Waals surface area contributed by atoms with Crippen molar-refractivity contribution in [2.24, 2.45) is 0 Å². The summed E-state index contributed by atoms with van der Waals surface area (Å²) in [5, 5.41) is 3.30. The summed E-state index contributed by atoms with van der Waals surface area (Å²) >= 11 is 0. The van der Waals surface area contributed by atoms with Gasteiger partial charge in [0.2, 0.25) is 0 Å². The second-order valence-corrected chi connectivity index (χ2v) is 3.63. The lowest BCUT2D eigenvalue weighted by molar-refractivity contribution is 1.02. The largest absolute Gasteiger partial charge is 0.396 e. The van der Waals surface area contributed by atoms with Crippen molar-refractivity contribution in [3.8, 4) is 0 Å². The van der Waals surface area contributed by atoms with Crippen LogP contribution in [0.1, 0.15) is 5.56 Å². The molecule has 0 unspecified atom stereocenters. The van der Waals surface area contributed by atoms with Crippen molar-refractivity contribution in [1.82, 2.24) is 4.98 Å². The molecule has 2 rings (SSSR count). The first-order chi connectivity index (χ1) is 7.86. The molecule has 18 heavy (non-hydrogen) atoms. The van der Waals surface area contributed by atoms with Crippen molar-refractivity contribution in [3.63, 3.8) is 0 Å². The van der Waals surface area contributed by atoms with E-state index in [1.165, 1.54) is 5.56 Å². The van der Waals surface area contributed by atoms with Crippen LogP contribution in [0.15, 0.2) is 48.8 Å². The van der Waals surface area contributed by atoms with Gasteiger partial charge in [0, 0.05) is 12.7 Å². The lowest BCUT2D eigenvalue weighted by atomic mass is 10.1. The minimum atomic E-state index is 0. The third kappa shape index (κ3) is 4.82. The molecule has 0 atom stereocenters. The SMILES string of the molecule is Cl.Cl.Nc1cnccc1NCCc1ccccc1. The van der Waals surface area contributed by atoms with Gasteiger partial charge in [0.15, 0.2) is 0 Å². The molecule has 5 heteroatoms. The monoisotopic (exact) mass is 285 g/mol. The van der Waals surface area contributed by atoms with Crippen molar-refractivity contribution >= 4 is 36.2 Å². The molecule has 0 aliphatic carbocycles. The fraction of sp³-hybridized carbons (Fsp3) is 0.154. The van der Waals surface area contributed by atoms with Crippen LogP contribution in [0.2, 0.25) is 0 Å². The van der Waals surface area contributed by atoms with Crippen molar-refractivity contribution in [3.05, 3.63) is 54.4 Å². The summed E-state index contributed by atoms with van der Waals surface area (Å²) < 4.78 is 0. The van der Waals surface area contributed by atoms with E-state index in [9.17, 15) is 0 Å². The molecule has 0 spiro atoms. The van der Waals surface area contributed by atoms with Crippen LogP contribution in [0.5, 0.6) is 0 Å². The van der Waals surface area contributed by atoms with Crippen LogP contribution in [0, 0.1) is 0 Å². The fourth-order valence-electron chi connectivity index (χ4n) is 1.55. The van der Waals surface area contributed by atoms with Gasteiger partial charge in [-0.3, -0.25) is 4.98 Å². The summed E-state index contributed by atoms with van der Waals surface area (Å²) in [5.74, 6) is 0. The molecule has 1 aromatic carbocycles. The number of nitrogen functional groups attached to an aromatic ring is 1. The Morgan fingerprint density at radius 2 is 1.78 bits per heavy atom. The quantitative estimate of drug-likeness (QED) is 0.907. The maximum atomic E-state index is 5.78. The number of benzene rings is 1. The highest BCUT2D eigenvalue weighted by molar-refractivity contribution is 5.85. The van der Waals surface area contributed by atoms with Gasteiger partial charge in [0.1, 0.15) is 0 Å². The van der Waals surface area contributed by atoms with E-state index in [-0.39, 0.29) is 24.8 Å². The van der Waals surface area contributed by atoms with E-state index in [0.29, 0.717) is 5.69 Å². The van der Waals surface area contributed by atoms with E-state index in [0.717, 1.165) is 18.7 Å². The highest BCUT2D eigenvalue weighted by Gasteiger charge is 1.96. The number of hydrogen-bond donors (Lipinski definition) is 2. The highest BCUT2D eigenvalue weighted by atomic mass is 35.5. The molecule has 0 amide bonds. The Labute approximate surface area is 120 Å². The first-order valence-electron chi connectivity index (χ1n) is 5.33. The van der Waals surface area contributed by atoms with Crippen molar-refractivity contribution in [2.45, 2.75) is 6.42 Å². The Kier molecular flexibility index (Phi) is 7.92. The van der Waals surface area contributed by atoms with Crippen LogP contribution in [-0.4, -0.2) is 11.5 Å². The molecule has 0 saturated heterocycles. The first kappa shape index (κ1) is 16.6. The Morgan fingerprint density at radius 3 is 2.44 bits per heavy atom. The molecular formula is C13H17Cl2N3. The number of anilines is 2. The van der Waals surface area contributed by atoms with Crippen LogP contribution in [0.4, 0.5) is 11.4 Å². The Hall–Kier alpha value is -1.45. The second-order valence-electron chi connectivity index (χ2n) is 3.63. The van der Waals surface area contributed by atoms with E-state index >= 15 is 0 Å². The number of halogens is 2. The smallest absolute Gasteiger partial charge is 0.0736 e. The third-order valence-corrected chi connectivity index (χ3v) is 2.42. The van der Waals surface area contributed by atoms with Gasteiger partial charge < -0.3 is 11.1 Å². The maximum Gasteiger partial charge on any atom is 0.0736 e. The summed E-state index contributed by atoms with van der Waals surface area (Å²) in [6.07, 6.45) is 4.38. The fourth-order valence-corrected chi connectivity index (χ4v) is 1.55. The van der Waals surface area contributed by atoms with Crippen LogP contribution < -0.4 is 11.1 Å². The van der Waals surface area contributed by atoms with E-state index in [1.807, 2.05) is 12.1 Å². The third-order valence-electron chi connectivity index (χ3n) is 2.42. The molecule has 2 aromatic rings. The molecule has 0 radical (unpaired) electrons. The zero-order valence-electron chi connectivity index (χ0n) is 9.87. The Balaban J connectivity index is 0.00000144. The van der Waals surface area contributed by atoms with Crippen molar-refractivity contribution in [2.75, 3.05) is 17.6 Å². The van der Waals surface area contributed by atoms with E-state index in [1.54, 1.807) is 12.4 Å². The van der Waals surface area contributed by atoms with Gasteiger partial charge in [0.25, 0.3) is 0 Å². The molecule has 0 aliphatic heterocycles. The van der Waals surface area contributed by atoms with Gasteiger partial charge in [-0.05, 0) is 18.1 Å². The summed E-state index contributed by atoms with van der Waals surface area (Å²) in [7, 11) is 0. The molecule has 3 nitrogen and oxygen atoms in total. The van der Waals surface area contributed by atoms with Crippen LogP contribution >= 0.6 is 24.8 Å². The van der Waals surface area contributed by atoms with Crippen molar-refractivity contribution < 1.29 is 0 Å². The number of aromatic nitrogens is 1. The van der Waals surface area contributed by atoms with E-state index < -0.39 is 0 Å². The number of pyridine rings is 1. The topological polar surface area (TPSA) is 50.9 Å². The highest BCUT2D eigenvalue weighted by Crippen LogP contribution is 2.14. The van der Waals surface area contributed by atoms with Gasteiger partial charge >= 0.3 is 0 Å². The number of nitrogens with one attached hydrogen (secondary N) is 1. The summed E-state index contributed by atoms with van der Waals surface area (Å²) in [4.78, 5) is 3.95. The molecule has 98 valence electrons. The zero-order valence-corrected chi connectivity index (χ0v) is 11.5. The first-order valence-corrected chi connectivity index (χ1v) is 5.33. The van der Waals surface area contributed by atoms with Crippen LogP contribution in [0.25, 0.3) is 0 Å². The molecule has 1 heterocycles. The van der Waals surface area contributed by atoms with Gasteiger partial charge in [-0.25, -0.2) is 0 Å². The average molecular weight is 286 g/mol. The number of nitrogens with zero attached hydrogens (tertiary/aromatic N) is 1. The molecule has 0 bridgehead atoms. The Bertz CT molecular complexity index is 449. The van der Waals surface area contributed by atoms with Gasteiger partial charge in [-0.1, -0.05) is 30.3 Å². The minimum Gasteiger partial charge on any atom is -0.396 e.